The van der Waals surface area contributed by atoms with Crippen LogP contribution in [0.2, 0.25) is 0 Å². The summed E-state index contributed by atoms with van der Waals surface area (Å²) in [5.41, 5.74) is 0. The Labute approximate surface area is 95.0 Å². The van der Waals surface area contributed by atoms with Gasteiger partial charge in [-0.1, -0.05) is 0 Å². The van der Waals surface area contributed by atoms with Gasteiger partial charge in [-0.05, 0) is 31.8 Å². The summed E-state index contributed by atoms with van der Waals surface area (Å²) in [7, 11) is 0. The summed E-state index contributed by atoms with van der Waals surface area (Å²) in [6.07, 6.45) is 6.30. The first-order chi connectivity index (χ1) is 7.84. The number of aromatic nitrogens is 2. The fourth-order valence-electron chi connectivity index (χ4n) is 2.00. The lowest BCUT2D eigenvalue weighted by Gasteiger charge is -2.21. The van der Waals surface area contributed by atoms with Gasteiger partial charge in [-0.3, -0.25) is 4.79 Å². The van der Waals surface area contributed by atoms with Crippen molar-refractivity contribution in [1.29, 1.82) is 0 Å². The first-order valence-electron chi connectivity index (χ1n) is 5.80. The van der Waals surface area contributed by atoms with E-state index in [1.165, 1.54) is 0 Å². The third-order valence-corrected chi connectivity index (χ3v) is 2.94. The number of rotatable bonds is 4. The molecule has 2 rings (SSSR count). The van der Waals surface area contributed by atoms with E-state index in [0.717, 1.165) is 31.8 Å². The summed E-state index contributed by atoms with van der Waals surface area (Å²) in [4.78, 5) is 18.6. The Morgan fingerprint density at radius 3 is 3.00 bits per heavy atom. The Morgan fingerprint density at radius 1 is 1.50 bits per heavy atom. The van der Waals surface area contributed by atoms with Crippen molar-refractivity contribution in [2.24, 2.45) is 5.92 Å². The molecule has 3 N–H and O–H groups in total. The number of amides is 1. The topological polar surface area (TPSA) is 69.8 Å². The number of imidazole rings is 1. The average molecular weight is 222 g/mol. The normalized spacial score (nSPS) is 17.2. The van der Waals surface area contributed by atoms with Crippen molar-refractivity contribution in [2.45, 2.75) is 25.8 Å². The average Bonchev–Trinajstić information content (AvgIpc) is 2.81. The van der Waals surface area contributed by atoms with E-state index >= 15 is 0 Å². The summed E-state index contributed by atoms with van der Waals surface area (Å²) >= 11 is 0. The second-order valence-electron chi connectivity index (χ2n) is 4.21. The van der Waals surface area contributed by atoms with Gasteiger partial charge in [-0.25, -0.2) is 4.98 Å². The van der Waals surface area contributed by atoms with Crippen LogP contribution < -0.4 is 10.6 Å². The Bertz CT molecular complexity index is 317. The van der Waals surface area contributed by atoms with E-state index in [-0.39, 0.29) is 5.91 Å². The third kappa shape index (κ3) is 3.34. The monoisotopic (exact) mass is 222 g/mol. The molecule has 2 heterocycles. The molecule has 1 aliphatic heterocycles. The van der Waals surface area contributed by atoms with Gasteiger partial charge in [0.2, 0.25) is 5.91 Å². The van der Waals surface area contributed by atoms with Crippen molar-refractivity contribution in [2.75, 3.05) is 13.1 Å². The van der Waals surface area contributed by atoms with Crippen molar-refractivity contribution < 1.29 is 4.79 Å². The van der Waals surface area contributed by atoms with Gasteiger partial charge < -0.3 is 15.6 Å². The Morgan fingerprint density at radius 2 is 2.31 bits per heavy atom. The molecular weight excluding hydrogens is 204 g/mol. The fraction of sp³-hybridized carbons (Fsp3) is 0.636. The van der Waals surface area contributed by atoms with Crippen molar-refractivity contribution in [3.05, 3.63) is 18.2 Å². The van der Waals surface area contributed by atoms with Crippen LogP contribution in [-0.2, 0) is 11.3 Å². The van der Waals surface area contributed by atoms with Crippen molar-refractivity contribution >= 4 is 5.91 Å². The molecule has 0 radical (unpaired) electrons. The molecule has 0 bridgehead atoms. The molecule has 1 aromatic heterocycles. The van der Waals surface area contributed by atoms with Gasteiger partial charge >= 0.3 is 0 Å². The number of hydrogen-bond donors (Lipinski definition) is 3. The number of carbonyl (C=O) groups is 1. The Kier molecular flexibility index (Phi) is 3.93. The predicted molar refractivity (Wildman–Crippen MR) is 60.6 cm³/mol. The highest BCUT2D eigenvalue weighted by atomic mass is 16.1. The van der Waals surface area contributed by atoms with E-state index in [2.05, 4.69) is 20.6 Å². The van der Waals surface area contributed by atoms with Gasteiger partial charge in [0, 0.05) is 18.8 Å². The SMILES string of the molecule is O=C(CC1CCNCC1)NCc1ncc[nH]1. The molecule has 0 atom stereocenters. The van der Waals surface area contributed by atoms with E-state index in [1.807, 2.05) is 0 Å². The molecule has 0 unspecified atom stereocenters. The van der Waals surface area contributed by atoms with Crippen LogP contribution in [0.3, 0.4) is 0 Å². The molecule has 1 fully saturated rings. The van der Waals surface area contributed by atoms with Gasteiger partial charge in [-0.2, -0.15) is 0 Å². The molecule has 0 spiro atoms. The molecule has 16 heavy (non-hydrogen) atoms. The summed E-state index contributed by atoms with van der Waals surface area (Å²) in [5, 5.41) is 6.17. The molecule has 5 nitrogen and oxygen atoms in total. The quantitative estimate of drug-likeness (QED) is 0.691. The molecule has 88 valence electrons. The second kappa shape index (κ2) is 5.65. The van der Waals surface area contributed by atoms with Crippen LogP contribution in [0.1, 0.15) is 25.1 Å². The number of carbonyl (C=O) groups excluding carboxylic acids is 1. The van der Waals surface area contributed by atoms with Crippen molar-refractivity contribution in [3.63, 3.8) is 0 Å². The van der Waals surface area contributed by atoms with Gasteiger partial charge in [0.25, 0.3) is 0 Å². The number of H-pyrrole nitrogens is 1. The zero-order valence-corrected chi connectivity index (χ0v) is 9.33. The maximum absolute atomic E-state index is 11.6. The van der Waals surface area contributed by atoms with E-state index in [4.69, 9.17) is 0 Å². The Hall–Kier alpha value is -1.36. The number of piperidine rings is 1. The number of hydrogen-bond acceptors (Lipinski definition) is 3. The molecular formula is C11H18N4O. The minimum absolute atomic E-state index is 0.128. The van der Waals surface area contributed by atoms with Crippen LogP contribution >= 0.6 is 0 Å². The van der Waals surface area contributed by atoms with Crippen LogP contribution in [0, 0.1) is 5.92 Å². The van der Waals surface area contributed by atoms with Crippen LogP contribution in [0.15, 0.2) is 12.4 Å². The molecule has 1 aliphatic rings. The molecule has 0 aromatic carbocycles. The molecule has 0 saturated carbocycles. The van der Waals surface area contributed by atoms with Crippen LogP contribution in [0.5, 0.6) is 0 Å². The van der Waals surface area contributed by atoms with Gasteiger partial charge in [0.15, 0.2) is 0 Å². The fourth-order valence-corrected chi connectivity index (χ4v) is 2.00. The molecule has 5 heteroatoms. The molecule has 1 saturated heterocycles. The maximum atomic E-state index is 11.6. The van der Waals surface area contributed by atoms with E-state index in [0.29, 0.717) is 18.9 Å². The molecule has 0 aliphatic carbocycles. The maximum Gasteiger partial charge on any atom is 0.220 e. The number of aromatic amines is 1. The van der Waals surface area contributed by atoms with Gasteiger partial charge in [-0.15, -0.1) is 0 Å². The standard InChI is InChI=1S/C11H18N4O/c16-11(7-9-1-3-12-4-2-9)15-8-10-13-5-6-14-10/h5-6,9,12H,1-4,7-8H2,(H,13,14)(H,15,16). The van der Waals surface area contributed by atoms with E-state index in [1.54, 1.807) is 12.4 Å². The highest BCUT2D eigenvalue weighted by molar-refractivity contribution is 5.76. The smallest absolute Gasteiger partial charge is 0.220 e. The second-order valence-corrected chi connectivity index (χ2v) is 4.21. The van der Waals surface area contributed by atoms with Crippen LogP contribution in [0.4, 0.5) is 0 Å². The first kappa shape index (κ1) is 11.1. The predicted octanol–water partition coefficient (Wildman–Crippen LogP) is 0.416. The third-order valence-electron chi connectivity index (χ3n) is 2.94. The number of nitrogens with one attached hydrogen (secondary N) is 3. The minimum atomic E-state index is 0.128. The Balaban J connectivity index is 1.67. The highest BCUT2D eigenvalue weighted by Gasteiger charge is 2.16. The first-order valence-corrected chi connectivity index (χ1v) is 5.80. The summed E-state index contributed by atoms with van der Waals surface area (Å²) < 4.78 is 0. The zero-order chi connectivity index (χ0) is 11.2. The largest absolute Gasteiger partial charge is 0.349 e. The zero-order valence-electron chi connectivity index (χ0n) is 9.33. The lowest BCUT2D eigenvalue weighted by atomic mass is 9.94. The van der Waals surface area contributed by atoms with Gasteiger partial charge in [0.05, 0.1) is 6.54 Å². The van der Waals surface area contributed by atoms with E-state index < -0.39 is 0 Å². The lowest BCUT2D eigenvalue weighted by molar-refractivity contribution is -0.122. The van der Waals surface area contributed by atoms with Crippen LogP contribution in [0.25, 0.3) is 0 Å². The lowest BCUT2D eigenvalue weighted by Crippen LogP contribution is -2.32. The van der Waals surface area contributed by atoms with Crippen molar-refractivity contribution in [3.8, 4) is 0 Å². The van der Waals surface area contributed by atoms with E-state index in [9.17, 15) is 4.79 Å². The minimum Gasteiger partial charge on any atom is -0.349 e. The van der Waals surface area contributed by atoms with Crippen LogP contribution in [-0.4, -0.2) is 29.0 Å². The molecule has 1 aromatic rings. The summed E-state index contributed by atoms with van der Waals surface area (Å²) in [5.74, 6) is 1.47. The summed E-state index contributed by atoms with van der Waals surface area (Å²) in [6, 6.07) is 0. The van der Waals surface area contributed by atoms with Crippen molar-refractivity contribution in [1.82, 2.24) is 20.6 Å². The van der Waals surface area contributed by atoms with Gasteiger partial charge in [0.1, 0.15) is 5.82 Å². The highest BCUT2D eigenvalue weighted by Crippen LogP contribution is 2.15. The number of nitrogens with zero attached hydrogens (tertiary/aromatic N) is 1. The summed E-state index contributed by atoms with van der Waals surface area (Å²) in [6.45, 7) is 2.57. The molecule has 1 amide bonds.